The highest BCUT2D eigenvalue weighted by Crippen LogP contribution is 2.24. The van der Waals surface area contributed by atoms with Crippen LogP contribution in [0.25, 0.3) is 0 Å². The van der Waals surface area contributed by atoms with Crippen LogP contribution in [0.4, 0.5) is 3.89 Å². The van der Waals surface area contributed by atoms with Gasteiger partial charge in [0.1, 0.15) is 5.76 Å². The number of hydrogen-bond donors (Lipinski definition) is 0. The van der Waals surface area contributed by atoms with Crippen molar-refractivity contribution in [2.24, 2.45) is 0 Å². The van der Waals surface area contributed by atoms with Gasteiger partial charge in [0.05, 0.1) is 18.6 Å². The van der Waals surface area contributed by atoms with Crippen molar-refractivity contribution in [2.45, 2.75) is 32.4 Å². The molecule has 1 aliphatic rings. The number of aryl methyl sites for hydroxylation is 1. The molecule has 7 heteroatoms. The first-order chi connectivity index (χ1) is 9.46. The first-order valence-corrected chi connectivity index (χ1v) is 9.43. The molecule has 0 amide bonds. The van der Waals surface area contributed by atoms with Gasteiger partial charge in [0.2, 0.25) is 0 Å². The second-order valence-electron chi connectivity index (χ2n) is 5.08. The minimum Gasteiger partial charge on any atom is -0.468 e. The summed E-state index contributed by atoms with van der Waals surface area (Å²) in [6.07, 6.45) is 3.65. The Hall–Kier alpha value is -0.530. The summed E-state index contributed by atoms with van der Waals surface area (Å²) in [5, 5.41) is 0. The van der Waals surface area contributed by atoms with E-state index < -0.39 is 16.0 Å². The molecule has 2 rings (SSSR count). The van der Waals surface area contributed by atoms with Gasteiger partial charge in [-0.3, -0.25) is 4.90 Å². The molecule has 4 nitrogen and oxygen atoms in total. The highest BCUT2D eigenvalue weighted by Gasteiger charge is 2.24. The van der Waals surface area contributed by atoms with E-state index in [4.69, 9.17) is 4.42 Å². The number of hydrogen-bond acceptors (Lipinski definition) is 5. The van der Waals surface area contributed by atoms with E-state index in [1.54, 1.807) is 6.26 Å². The molecular weight excluding hydrogens is 301 g/mol. The summed E-state index contributed by atoms with van der Waals surface area (Å²) in [5.74, 6) is 2.53. The second kappa shape index (κ2) is 6.95. The quantitative estimate of drug-likeness (QED) is 0.754. The van der Waals surface area contributed by atoms with Crippen LogP contribution in [0, 0.1) is 6.92 Å². The average molecular weight is 321 g/mol. The maximum absolute atomic E-state index is 12.8. The smallest absolute Gasteiger partial charge is 0.303 e. The number of rotatable bonds is 6. The fourth-order valence-electron chi connectivity index (χ4n) is 2.42. The maximum atomic E-state index is 12.8. The Morgan fingerprint density at radius 1 is 1.45 bits per heavy atom. The van der Waals surface area contributed by atoms with Crippen molar-refractivity contribution >= 4 is 22.0 Å². The second-order valence-corrected chi connectivity index (χ2v) is 7.79. The van der Waals surface area contributed by atoms with E-state index in [0.717, 1.165) is 35.7 Å². The highest BCUT2D eigenvalue weighted by molar-refractivity contribution is 7.99. The Balaban J connectivity index is 2.04. The van der Waals surface area contributed by atoms with Crippen molar-refractivity contribution in [2.75, 3.05) is 23.8 Å². The van der Waals surface area contributed by atoms with Crippen molar-refractivity contribution in [3.05, 3.63) is 23.7 Å². The number of halogens is 1. The van der Waals surface area contributed by atoms with Crippen LogP contribution < -0.4 is 0 Å². The summed E-state index contributed by atoms with van der Waals surface area (Å²) in [6.45, 7) is 2.72. The molecule has 0 unspecified atom stereocenters. The topological polar surface area (TPSA) is 50.5 Å². The van der Waals surface area contributed by atoms with E-state index in [1.165, 1.54) is 0 Å². The van der Waals surface area contributed by atoms with E-state index in [1.807, 2.05) is 29.7 Å². The molecule has 0 spiro atoms. The third kappa shape index (κ3) is 4.79. The van der Waals surface area contributed by atoms with Crippen LogP contribution in [0.1, 0.15) is 24.2 Å². The van der Waals surface area contributed by atoms with Crippen molar-refractivity contribution in [1.82, 2.24) is 4.90 Å². The van der Waals surface area contributed by atoms with Gasteiger partial charge in [0.25, 0.3) is 0 Å². The predicted molar refractivity (Wildman–Crippen MR) is 79.1 cm³/mol. The van der Waals surface area contributed by atoms with Gasteiger partial charge in [-0.15, -0.1) is 3.89 Å². The third-order valence-corrected chi connectivity index (χ3v) is 5.36. The fraction of sp³-hybridized carbons (Fsp3) is 0.692. The lowest BCUT2D eigenvalue weighted by molar-refractivity contribution is 0.173. The molecule has 0 radical (unpaired) electrons. The minimum absolute atomic E-state index is 0.217. The minimum atomic E-state index is -4.42. The molecule has 1 aromatic heterocycles. The first kappa shape index (κ1) is 15.9. The summed E-state index contributed by atoms with van der Waals surface area (Å²) in [6, 6.07) is 2.19. The number of furan rings is 1. The van der Waals surface area contributed by atoms with E-state index in [0.29, 0.717) is 12.6 Å². The zero-order valence-electron chi connectivity index (χ0n) is 11.5. The lowest BCUT2D eigenvalue weighted by Crippen LogP contribution is -2.40. The standard InChI is InChI=1S/C13H20FNO3S2/c1-11-2-6-18-13(11)10-15(5-9-20(14,16)17)12-3-7-19-8-4-12/h2,6,12H,3-5,7-10H2,1H3. The highest BCUT2D eigenvalue weighted by atomic mass is 32.3. The molecule has 0 aromatic carbocycles. The van der Waals surface area contributed by atoms with Crippen LogP contribution in [-0.4, -0.2) is 43.2 Å². The molecule has 0 aliphatic carbocycles. The molecule has 1 fully saturated rings. The lowest BCUT2D eigenvalue weighted by Gasteiger charge is -2.33. The summed E-state index contributed by atoms with van der Waals surface area (Å²) in [5.41, 5.74) is 1.04. The number of thioether (sulfide) groups is 1. The molecule has 2 heterocycles. The van der Waals surface area contributed by atoms with Crippen molar-refractivity contribution in [3.8, 4) is 0 Å². The summed E-state index contributed by atoms with van der Waals surface area (Å²) in [4.78, 5) is 2.04. The van der Waals surface area contributed by atoms with Crippen LogP contribution in [0.15, 0.2) is 16.7 Å². The summed E-state index contributed by atoms with van der Waals surface area (Å²) in [7, 11) is -4.42. The Kier molecular flexibility index (Phi) is 5.51. The number of nitrogens with zero attached hydrogens (tertiary/aromatic N) is 1. The molecule has 1 aliphatic heterocycles. The van der Waals surface area contributed by atoms with Crippen LogP contribution in [0.5, 0.6) is 0 Å². The summed E-state index contributed by atoms with van der Waals surface area (Å²) >= 11 is 1.91. The van der Waals surface area contributed by atoms with Gasteiger partial charge in [-0.1, -0.05) is 0 Å². The third-order valence-electron chi connectivity index (χ3n) is 3.64. The molecule has 0 atom stereocenters. The van der Waals surface area contributed by atoms with Gasteiger partial charge >= 0.3 is 10.2 Å². The lowest BCUT2D eigenvalue weighted by atomic mass is 10.1. The Morgan fingerprint density at radius 2 is 2.15 bits per heavy atom. The molecule has 0 bridgehead atoms. The Bertz CT molecular complexity index is 523. The molecule has 1 aromatic rings. The summed E-state index contributed by atoms with van der Waals surface area (Å²) < 4.78 is 39.8. The Labute approximate surface area is 123 Å². The van der Waals surface area contributed by atoms with Gasteiger partial charge in [-0.25, -0.2) is 0 Å². The van der Waals surface area contributed by atoms with Crippen LogP contribution in [0.3, 0.4) is 0 Å². The normalized spacial score (nSPS) is 17.8. The van der Waals surface area contributed by atoms with E-state index >= 15 is 0 Å². The van der Waals surface area contributed by atoms with Crippen LogP contribution >= 0.6 is 11.8 Å². The average Bonchev–Trinajstić information content (AvgIpc) is 2.80. The SMILES string of the molecule is Cc1ccoc1CN(CCS(=O)(=O)F)C1CCSCC1. The molecule has 114 valence electrons. The maximum Gasteiger partial charge on any atom is 0.303 e. The van der Waals surface area contributed by atoms with Crippen molar-refractivity contribution in [3.63, 3.8) is 0 Å². The van der Waals surface area contributed by atoms with Crippen LogP contribution in [-0.2, 0) is 16.8 Å². The fourth-order valence-corrected chi connectivity index (χ4v) is 3.95. The van der Waals surface area contributed by atoms with Crippen molar-refractivity contribution < 1.29 is 16.7 Å². The van der Waals surface area contributed by atoms with Gasteiger partial charge in [-0.05, 0) is 42.9 Å². The van der Waals surface area contributed by atoms with Gasteiger partial charge in [-0.2, -0.15) is 20.2 Å². The van der Waals surface area contributed by atoms with Gasteiger partial charge in [0, 0.05) is 12.6 Å². The van der Waals surface area contributed by atoms with E-state index in [9.17, 15) is 12.3 Å². The zero-order chi connectivity index (χ0) is 14.6. The monoisotopic (exact) mass is 321 g/mol. The van der Waals surface area contributed by atoms with Crippen molar-refractivity contribution in [1.29, 1.82) is 0 Å². The molecule has 0 N–H and O–H groups in total. The van der Waals surface area contributed by atoms with E-state index in [2.05, 4.69) is 0 Å². The van der Waals surface area contributed by atoms with Gasteiger partial charge < -0.3 is 4.42 Å². The zero-order valence-corrected chi connectivity index (χ0v) is 13.2. The van der Waals surface area contributed by atoms with Gasteiger partial charge in [0.15, 0.2) is 0 Å². The molecule has 1 saturated heterocycles. The largest absolute Gasteiger partial charge is 0.468 e. The molecule has 20 heavy (non-hydrogen) atoms. The first-order valence-electron chi connectivity index (χ1n) is 6.73. The Morgan fingerprint density at radius 3 is 2.70 bits per heavy atom. The van der Waals surface area contributed by atoms with Crippen LogP contribution in [0.2, 0.25) is 0 Å². The van der Waals surface area contributed by atoms with E-state index in [-0.39, 0.29) is 6.54 Å². The molecule has 0 saturated carbocycles. The molecular formula is C13H20FNO3S2. The predicted octanol–water partition coefficient (Wildman–Crippen LogP) is 2.58.